The third-order valence-electron chi connectivity index (χ3n) is 3.65. The molecule has 0 atom stereocenters. The molecule has 0 aliphatic rings. The summed E-state index contributed by atoms with van der Waals surface area (Å²) in [5.74, 6) is 0.719. The summed E-state index contributed by atoms with van der Waals surface area (Å²) >= 11 is 0. The minimum Gasteiger partial charge on any atom is -0.434 e. The van der Waals surface area contributed by atoms with Crippen molar-refractivity contribution in [2.24, 2.45) is 4.99 Å². The number of guanidine groups is 1. The fraction of sp³-hybridized carbons (Fsp3) is 0.316. The molecule has 0 spiro atoms. The van der Waals surface area contributed by atoms with Crippen molar-refractivity contribution < 1.29 is 18.3 Å². The molecule has 0 fully saturated rings. The molecule has 2 N–H and O–H groups in total. The van der Waals surface area contributed by atoms with Gasteiger partial charge in [-0.05, 0) is 17.2 Å². The lowest BCUT2D eigenvalue weighted by atomic mass is 10.1. The molecule has 0 saturated heterocycles. The van der Waals surface area contributed by atoms with Crippen LogP contribution in [0.25, 0.3) is 0 Å². The highest BCUT2D eigenvalue weighted by Crippen LogP contribution is 2.19. The van der Waals surface area contributed by atoms with Crippen LogP contribution >= 0.6 is 24.0 Å². The van der Waals surface area contributed by atoms with Crippen molar-refractivity contribution in [2.45, 2.75) is 26.3 Å². The number of para-hydroxylation sites is 1. The van der Waals surface area contributed by atoms with Gasteiger partial charge in [0.05, 0.1) is 6.61 Å². The highest BCUT2D eigenvalue weighted by Gasteiger charge is 2.09. The third-order valence-corrected chi connectivity index (χ3v) is 3.65. The Bertz CT molecular complexity index is 712. The quantitative estimate of drug-likeness (QED) is 0.334. The van der Waals surface area contributed by atoms with Crippen LogP contribution in [0.3, 0.4) is 0 Å². The van der Waals surface area contributed by atoms with E-state index >= 15 is 0 Å². The number of hydrogen-bond acceptors (Lipinski definition) is 3. The molecule has 0 radical (unpaired) electrons. The van der Waals surface area contributed by atoms with E-state index in [-0.39, 0.29) is 29.7 Å². The largest absolute Gasteiger partial charge is 0.434 e. The van der Waals surface area contributed by atoms with Crippen LogP contribution < -0.4 is 15.4 Å². The lowest BCUT2D eigenvalue weighted by Crippen LogP contribution is -2.36. The van der Waals surface area contributed by atoms with Crippen molar-refractivity contribution in [3.63, 3.8) is 0 Å². The van der Waals surface area contributed by atoms with E-state index in [9.17, 15) is 8.78 Å². The molecular formula is C19H24F2IN3O2. The van der Waals surface area contributed by atoms with E-state index in [0.717, 1.165) is 11.1 Å². The Morgan fingerprint density at radius 1 is 1.00 bits per heavy atom. The van der Waals surface area contributed by atoms with Gasteiger partial charge in [-0.15, -0.1) is 24.0 Å². The number of aliphatic imine (C=N–C) groups is 1. The van der Waals surface area contributed by atoms with Gasteiger partial charge in [-0.25, -0.2) is 0 Å². The fourth-order valence-corrected chi connectivity index (χ4v) is 2.37. The Morgan fingerprint density at radius 2 is 1.63 bits per heavy atom. The zero-order valence-corrected chi connectivity index (χ0v) is 17.6. The first-order valence-corrected chi connectivity index (χ1v) is 8.16. The van der Waals surface area contributed by atoms with Crippen molar-refractivity contribution >= 4 is 29.9 Å². The van der Waals surface area contributed by atoms with E-state index in [0.29, 0.717) is 31.2 Å². The topological polar surface area (TPSA) is 54.9 Å². The summed E-state index contributed by atoms with van der Waals surface area (Å²) in [6.07, 6.45) is 0. The first-order chi connectivity index (χ1) is 12.6. The first-order valence-electron chi connectivity index (χ1n) is 8.16. The molecule has 8 heteroatoms. The molecule has 2 aromatic rings. The van der Waals surface area contributed by atoms with E-state index in [1.807, 2.05) is 24.3 Å². The van der Waals surface area contributed by atoms with Crippen molar-refractivity contribution in [1.82, 2.24) is 10.6 Å². The maximum absolute atomic E-state index is 12.5. The maximum Gasteiger partial charge on any atom is 0.387 e. The van der Waals surface area contributed by atoms with Gasteiger partial charge in [0.15, 0.2) is 5.96 Å². The van der Waals surface area contributed by atoms with Gasteiger partial charge in [0.2, 0.25) is 0 Å². The normalized spacial score (nSPS) is 11.1. The summed E-state index contributed by atoms with van der Waals surface area (Å²) in [4.78, 5) is 4.14. The summed E-state index contributed by atoms with van der Waals surface area (Å²) in [7, 11) is 3.31. The van der Waals surface area contributed by atoms with Crippen molar-refractivity contribution in [1.29, 1.82) is 0 Å². The van der Waals surface area contributed by atoms with Crippen molar-refractivity contribution in [3.05, 3.63) is 65.2 Å². The van der Waals surface area contributed by atoms with Crippen molar-refractivity contribution in [2.75, 3.05) is 14.2 Å². The molecule has 0 aromatic heterocycles. The van der Waals surface area contributed by atoms with Gasteiger partial charge in [-0.2, -0.15) is 8.78 Å². The van der Waals surface area contributed by atoms with Gasteiger partial charge in [0, 0.05) is 32.8 Å². The summed E-state index contributed by atoms with van der Waals surface area (Å²) in [5, 5.41) is 6.28. The monoisotopic (exact) mass is 491 g/mol. The lowest BCUT2D eigenvalue weighted by Gasteiger charge is -2.14. The number of methoxy groups -OCH3 is 1. The standard InChI is InChI=1S/C19H23F2N3O2.HI/c1-22-19(23-11-14-7-9-15(10-8-14)13-25-2)24-12-16-5-3-4-6-17(16)26-18(20)21;/h3-10,18H,11-13H2,1-2H3,(H2,22,23,24);1H. The molecule has 148 valence electrons. The van der Waals surface area contributed by atoms with Crippen LogP contribution in [-0.2, 0) is 24.4 Å². The van der Waals surface area contributed by atoms with E-state index in [1.54, 1.807) is 32.4 Å². The van der Waals surface area contributed by atoms with Crippen LogP contribution in [0.5, 0.6) is 5.75 Å². The number of rotatable bonds is 8. The van der Waals surface area contributed by atoms with Gasteiger partial charge in [0.25, 0.3) is 0 Å². The molecule has 0 unspecified atom stereocenters. The SMILES string of the molecule is CN=C(NCc1ccc(COC)cc1)NCc1ccccc1OC(F)F.I. The molecule has 0 amide bonds. The molecule has 0 heterocycles. The molecule has 2 rings (SSSR count). The molecule has 0 aliphatic heterocycles. The van der Waals surface area contributed by atoms with Crippen LogP contribution in [-0.4, -0.2) is 26.7 Å². The lowest BCUT2D eigenvalue weighted by molar-refractivity contribution is -0.0504. The fourth-order valence-electron chi connectivity index (χ4n) is 2.37. The minimum absolute atomic E-state index is 0. The Hall–Kier alpha value is -1.94. The third kappa shape index (κ3) is 8.08. The maximum atomic E-state index is 12.5. The van der Waals surface area contributed by atoms with Gasteiger partial charge >= 0.3 is 6.61 Å². The second-order valence-corrected chi connectivity index (χ2v) is 5.52. The summed E-state index contributed by atoms with van der Waals surface area (Å²) in [5.41, 5.74) is 2.82. The van der Waals surface area contributed by atoms with Crippen LogP contribution in [0.4, 0.5) is 8.78 Å². The number of ether oxygens (including phenoxy) is 2. The number of nitrogens with one attached hydrogen (secondary N) is 2. The highest BCUT2D eigenvalue weighted by atomic mass is 127. The van der Waals surface area contributed by atoms with Crippen LogP contribution in [0.2, 0.25) is 0 Å². The second-order valence-electron chi connectivity index (χ2n) is 5.52. The van der Waals surface area contributed by atoms with Crippen LogP contribution in [0.15, 0.2) is 53.5 Å². The van der Waals surface area contributed by atoms with Gasteiger partial charge in [0.1, 0.15) is 5.75 Å². The van der Waals surface area contributed by atoms with Gasteiger partial charge in [-0.3, -0.25) is 4.99 Å². The first kappa shape index (κ1) is 23.1. The molecule has 5 nitrogen and oxygen atoms in total. The number of benzene rings is 2. The Kier molecular flexibility index (Phi) is 10.6. The number of hydrogen-bond donors (Lipinski definition) is 2. The highest BCUT2D eigenvalue weighted by molar-refractivity contribution is 14.0. The van der Waals surface area contributed by atoms with E-state index in [1.165, 1.54) is 6.07 Å². The smallest absolute Gasteiger partial charge is 0.387 e. The number of nitrogens with zero attached hydrogens (tertiary/aromatic N) is 1. The number of halogens is 3. The summed E-state index contributed by atoms with van der Waals surface area (Å²) in [6.45, 7) is -1.37. The number of alkyl halides is 2. The Morgan fingerprint density at radius 3 is 2.26 bits per heavy atom. The average Bonchev–Trinajstić information content (AvgIpc) is 2.64. The van der Waals surface area contributed by atoms with Gasteiger partial charge < -0.3 is 20.1 Å². The van der Waals surface area contributed by atoms with Crippen LogP contribution in [0.1, 0.15) is 16.7 Å². The van der Waals surface area contributed by atoms with E-state index in [2.05, 4.69) is 20.4 Å². The molecule has 0 saturated carbocycles. The van der Waals surface area contributed by atoms with Gasteiger partial charge in [-0.1, -0.05) is 42.5 Å². The van der Waals surface area contributed by atoms with Crippen molar-refractivity contribution in [3.8, 4) is 5.75 Å². The molecular weight excluding hydrogens is 467 g/mol. The molecule has 0 aliphatic carbocycles. The zero-order chi connectivity index (χ0) is 18.8. The predicted octanol–water partition coefficient (Wildman–Crippen LogP) is 3.92. The molecule has 0 bridgehead atoms. The molecule has 2 aromatic carbocycles. The predicted molar refractivity (Wildman–Crippen MR) is 113 cm³/mol. The molecule has 27 heavy (non-hydrogen) atoms. The average molecular weight is 491 g/mol. The van der Waals surface area contributed by atoms with E-state index < -0.39 is 6.61 Å². The second kappa shape index (κ2) is 12.4. The summed E-state index contributed by atoms with van der Waals surface area (Å²) in [6, 6.07) is 14.7. The Balaban J connectivity index is 0.00000364. The minimum atomic E-state index is -2.85. The summed E-state index contributed by atoms with van der Waals surface area (Å²) < 4.78 is 34.5. The van der Waals surface area contributed by atoms with E-state index in [4.69, 9.17) is 4.74 Å². The van der Waals surface area contributed by atoms with Crippen LogP contribution in [0, 0.1) is 0 Å². The Labute approximate surface area is 175 Å². The zero-order valence-electron chi connectivity index (χ0n) is 15.2.